The van der Waals surface area contributed by atoms with Gasteiger partial charge >= 0.3 is 5.97 Å². The maximum atomic E-state index is 12.5. The highest BCUT2D eigenvalue weighted by molar-refractivity contribution is 5.90. The third-order valence-electron chi connectivity index (χ3n) is 3.56. The number of fused-ring (bicyclic) bond motifs is 1. The molecule has 0 amide bonds. The van der Waals surface area contributed by atoms with E-state index >= 15 is 0 Å². The Balaban J connectivity index is 1.98. The number of carboxylic acid groups (broad SMARTS) is 1. The van der Waals surface area contributed by atoms with Crippen molar-refractivity contribution in [3.63, 3.8) is 0 Å². The average Bonchev–Trinajstić information content (AvgIpc) is 2.90. The van der Waals surface area contributed by atoms with Gasteiger partial charge in [-0.05, 0) is 24.3 Å². The summed E-state index contributed by atoms with van der Waals surface area (Å²) in [6, 6.07) is 9.37. The van der Waals surface area contributed by atoms with Crippen LogP contribution in [0.3, 0.4) is 0 Å². The van der Waals surface area contributed by atoms with Crippen LogP contribution in [0.2, 0.25) is 0 Å². The molecule has 0 aliphatic carbocycles. The van der Waals surface area contributed by atoms with Crippen molar-refractivity contribution in [1.82, 2.24) is 0 Å². The van der Waals surface area contributed by atoms with Gasteiger partial charge in [0.05, 0.1) is 19.8 Å². The molecule has 1 aliphatic heterocycles. The molecule has 1 aliphatic rings. The first kappa shape index (κ1) is 14.9. The number of hydrazine groups is 1. The summed E-state index contributed by atoms with van der Waals surface area (Å²) in [7, 11) is 3.03. The number of aromatic carboxylic acids is 1. The number of quaternary nitrogens is 1. The number of rotatable bonds is 4. The van der Waals surface area contributed by atoms with Gasteiger partial charge in [0.1, 0.15) is 11.4 Å². The number of anilines is 2. The number of nitrogens with one attached hydrogen (secondary N) is 2. The molecule has 1 heterocycles. The number of benzene rings is 2. The number of hydrogen-bond acceptors (Lipinski definition) is 6. The standard InChI is InChI=1S/C15H15N3O5/c1-22-10-4-6-13(14(8-10)23-2)17-16-11-7-9(15(19)20)3-5-12(11)18(17)21/h3-8,16,18H,1-2H3,(H,19,20). The highest BCUT2D eigenvalue weighted by atomic mass is 16.6. The van der Waals surface area contributed by atoms with Crippen molar-refractivity contribution in [1.29, 1.82) is 0 Å². The van der Waals surface area contributed by atoms with Gasteiger partial charge in [-0.25, -0.2) is 15.4 Å². The summed E-state index contributed by atoms with van der Waals surface area (Å²) in [6.45, 7) is 0. The fourth-order valence-electron chi connectivity index (χ4n) is 2.39. The van der Waals surface area contributed by atoms with Crippen molar-refractivity contribution >= 4 is 23.0 Å². The first-order chi connectivity index (χ1) is 11.0. The Morgan fingerprint density at radius 2 is 2.00 bits per heavy atom. The molecule has 2 aromatic carbocycles. The Morgan fingerprint density at radius 1 is 1.22 bits per heavy atom. The van der Waals surface area contributed by atoms with Crippen LogP contribution in [-0.4, -0.2) is 25.3 Å². The predicted molar refractivity (Wildman–Crippen MR) is 83.0 cm³/mol. The Bertz CT molecular complexity index is 765. The Labute approximate surface area is 132 Å². The van der Waals surface area contributed by atoms with E-state index in [1.807, 2.05) is 0 Å². The zero-order chi connectivity index (χ0) is 16.6. The Kier molecular flexibility index (Phi) is 3.68. The monoisotopic (exact) mass is 317 g/mol. The van der Waals surface area contributed by atoms with Gasteiger partial charge in [-0.1, -0.05) is 0 Å². The van der Waals surface area contributed by atoms with Gasteiger partial charge in [-0.2, -0.15) is 0 Å². The van der Waals surface area contributed by atoms with E-state index in [9.17, 15) is 10.0 Å². The largest absolute Gasteiger partial charge is 0.601 e. The number of ether oxygens (including phenoxy) is 2. The number of hydrogen-bond donors (Lipinski definition) is 3. The van der Waals surface area contributed by atoms with E-state index in [1.165, 1.54) is 37.5 Å². The van der Waals surface area contributed by atoms with Crippen molar-refractivity contribution in [2.45, 2.75) is 0 Å². The van der Waals surface area contributed by atoms with Crippen LogP contribution in [0.1, 0.15) is 10.4 Å². The molecule has 23 heavy (non-hydrogen) atoms. The van der Waals surface area contributed by atoms with Gasteiger partial charge in [0.25, 0.3) is 0 Å². The summed E-state index contributed by atoms with van der Waals surface area (Å²) < 4.78 is 10.4. The zero-order valence-electron chi connectivity index (χ0n) is 12.5. The lowest BCUT2D eigenvalue weighted by Crippen LogP contribution is -3.09. The summed E-state index contributed by atoms with van der Waals surface area (Å²) in [5, 5.41) is 22.6. The fourth-order valence-corrected chi connectivity index (χ4v) is 2.39. The molecule has 0 aromatic heterocycles. The molecule has 120 valence electrons. The maximum absolute atomic E-state index is 12.5. The Morgan fingerprint density at radius 3 is 2.65 bits per heavy atom. The van der Waals surface area contributed by atoms with Gasteiger partial charge in [0, 0.05) is 12.1 Å². The van der Waals surface area contributed by atoms with Gasteiger partial charge in [0.15, 0.2) is 17.1 Å². The normalized spacial score (nSPS) is 15.8. The summed E-state index contributed by atoms with van der Waals surface area (Å²) in [4.78, 5) is 11.0. The first-order valence-electron chi connectivity index (χ1n) is 6.75. The van der Waals surface area contributed by atoms with Crippen LogP contribution >= 0.6 is 0 Å². The van der Waals surface area contributed by atoms with Crippen LogP contribution in [0.5, 0.6) is 11.5 Å². The van der Waals surface area contributed by atoms with Crippen molar-refractivity contribution < 1.29 is 24.5 Å². The minimum Gasteiger partial charge on any atom is -0.601 e. The smallest absolute Gasteiger partial charge is 0.335 e. The van der Waals surface area contributed by atoms with Crippen LogP contribution in [0, 0.1) is 5.21 Å². The number of carboxylic acids is 1. The van der Waals surface area contributed by atoms with Gasteiger partial charge in [-0.15, -0.1) is 5.12 Å². The molecule has 0 bridgehead atoms. The predicted octanol–water partition coefficient (Wildman–Crippen LogP) is 1.18. The minimum atomic E-state index is -1.05. The van der Waals surface area contributed by atoms with E-state index in [0.717, 1.165) is 0 Å². The van der Waals surface area contributed by atoms with Gasteiger partial charge in [-0.3, -0.25) is 0 Å². The van der Waals surface area contributed by atoms with E-state index in [2.05, 4.69) is 5.43 Å². The van der Waals surface area contributed by atoms with Crippen LogP contribution in [0.4, 0.5) is 17.1 Å². The molecule has 3 N–H and O–H groups in total. The molecule has 1 atom stereocenters. The zero-order valence-corrected chi connectivity index (χ0v) is 12.5. The highest BCUT2D eigenvalue weighted by Crippen LogP contribution is 2.34. The van der Waals surface area contributed by atoms with E-state index in [0.29, 0.717) is 28.6 Å². The SMILES string of the molecule is COc1ccc(N2Nc3cc(C(=O)O)ccc3[NH+]2[O-])c(OC)c1. The molecule has 8 nitrogen and oxygen atoms in total. The Hall–Kier alpha value is -2.97. The molecule has 1 unspecified atom stereocenters. The molecule has 2 aromatic rings. The molecular formula is C15H15N3O5. The lowest BCUT2D eigenvalue weighted by atomic mass is 10.2. The number of nitrogens with zero attached hydrogens (tertiary/aromatic N) is 1. The number of carbonyl (C=O) groups is 1. The molecular weight excluding hydrogens is 302 g/mol. The van der Waals surface area contributed by atoms with Gasteiger partial charge < -0.3 is 19.8 Å². The van der Waals surface area contributed by atoms with Crippen LogP contribution in [0.15, 0.2) is 36.4 Å². The fraction of sp³-hybridized carbons (Fsp3) is 0.133. The molecule has 0 saturated heterocycles. The van der Waals surface area contributed by atoms with E-state index in [4.69, 9.17) is 14.6 Å². The summed E-state index contributed by atoms with van der Waals surface area (Å²) in [5.74, 6) is 0.00177. The molecule has 0 radical (unpaired) electrons. The van der Waals surface area contributed by atoms with Crippen LogP contribution < -0.4 is 25.2 Å². The molecule has 0 spiro atoms. The lowest BCUT2D eigenvalue weighted by Gasteiger charge is -2.28. The molecule has 8 heteroatoms. The highest BCUT2D eigenvalue weighted by Gasteiger charge is 2.30. The van der Waals surface area contributed by atoms with Crippen molar-refractivity contribution in [2.75, 3.05) is 24.8 Å². The quantitative estimate of drug-likeness (QED) is 0.728. The summed E-state index contributed by atoms with van der Waals surface area (Å²) in [6.07, 6.45) is 0. The topological polar surface area (TPSA) is 98.5 Å². The maximum Gasteiger partial charge on any atom is 0.335 e. The van der Waals surface area contributed by atoms with E-state index < -0.39 is 5.97 Å². The second kappa shape index (κ2) is 5.67. The summed E-state index contributed by atoms with van der Waals surface area (Å²) in [5.41, 5.74) is 4.35. The third kappa shape index (κ3) is 2.50. The van der Waals surface area contributed by atoms with E-state index in [1.54, 1.807) is 18.2 Å². The summed E-state index contributed by atoms with van der Waals surface area (Å²) >= 11 is 0. The van der Waals surface area contributed by atoms with Crippen molar-refractivity contribution in [2.24, 2.45) is 0 Å². The van der Waals surface area contributed by atoms with Gasteiger partial charge in [0.2, 0.25) is 0 Å². The van der Waals surface area contributed by atoms with Crippen molar-refractivity contribution in [3.05, 3.63) is 47.2 Å². The second-order valence-electron chi connectivity index (χ2n) is 4.86. The molecule has 0 fully saturated rings. The van der Waals surface area contributed by atoms with E-state index in [-0.39, 0.29) is 10.7 Å². The molecule has 0 saturated carbocycles. The lowest BCUT2D eigenvalue weighted by molar-refractivity contribution is -0.778. The first-order valence-corrected chi connectivity index (χ1v) is 6.75. The number of methoxy groups -OCH3 is 2. The molecule has 3 rings (SSSR count). The average molecular weight is 317 g/mol. The second-order valence-corrected chi connectivity index (χ2v) is 4.86. The minimum absolute atomic E-state index is 0.104. The van der Waals surface area contributed by atoms with Crippen LogP contribution in [0.25, 0.3) is 0 Å². The van der Waals surface area contributed by atoms with Crippen LogP contribution in [-0.2, 0) is 0 Å². The van der Waals surface area contributed by atoms with Crippen molar-refractivity contribution in [3.8, 4) is 11.5 Å². The third-order valence-corrected chi connectivity index (χ3v) is 3.56.